The van der Waals surface area contributed by atoms with E-state index in [1.807, 2.05) is 27.7 Å². The average molecular weight is 269 g/mol. The van der Waals surface area contributed by atoms with E-state index in [4.69, 9.17) is 11.6 Å². The molecule has 1 aliphatic rings. The van der Waals surface area contributed by atoms with Gasteiger partial charge in [-0.05, 0) is 11.8 Å². The Balaban J connectivity index is 2.68. The summed E-state index contributed by atoms with van der Waals surface area (Å²) in [4.78, 5) is 0. The van der Waals surface area contributed by atoms with Gasteiger partial charge in [0.15, 0.2) is 0 Å². The second kappa shape index (κ2) is 4.80. The smallest absolute Gasteiger partial charge is 0.198 e. The molecule has 1 saturated carbocycles. The van der Waals surface area contributed by atoms with Gasteiger partial charge < -0.3 is 0 Å². The molecular formula is C10H21ClN2O2S. The van der Waals surface area contributed by atoms with Crippen molar-refractivity contribution in [1.29, 1.82) is 0 Å². The van der Waals surface area contributed by atoms with Gasteiger partial charge in [-0.1, -0.05) is 27.7 Å². The zero-order valence-corrected chi connectivity index (χ0v) is 11.9. The summed E-state index contributed by atoms with van der Waals surface area (Å²) in [7, 11) is -3.35. The summed E-state index contributed by atoms with van der Waals surface area (Å²) in [6, 6.07) is -0.0550. The number of hydrogen-bond acceptors (Lipinski definition) is 2. The molecule has 0 amide bonds. The molecule has 6 heteroatoms. The van der Waals surface area contributed by atoms with Gasteiger partial charge in [0.05, 0.1) is 0 Å². The SMILES string of the molecule is CCN(CC)S(=O)(=O)NC1CC(Cl)C1(C)C. The van der Waals surface area contributed by atoms with Crippen LogP contribution in [0.2, 0.25) is 0 Å². The molecule has 1 fully saturated rings. The average Bonchev–Trinajstić information content (AvgIpc) is 2.18. The van der Waals surface area contributed by atoms with Crippen molar-refractivity contribution in [1.82, 2.24) is 9.03 Å². The topological polar surface area (TPSA) is 49.4 Å². The van der Waals surface area contributed by atoms with Crippen molar-refractivity contribution in [3.63, 3.8) is 0 Å². The van der Waals surface area contributed by atoms with Crippen LogP contribution in [0, 0.1) is 5.41 Å². The van der Waals surface area contributed by atoms with E-state index in [2.05, 4.69) is 4.72 Å². The van der Waals surface area contributed by atoms with E-state index in [1.54, 1.807) is 0 Å². The Hall–Kier alpha value is 0.160. The number of halogens is 1. The van der Waals surface area contributed by atoms with E-state index in [-0.39, 0.29) is 16.8 Å². The van der Waals surface area contributed by atoms with E-state index >= 15 is 0 Å². The third-order valence-electron chi connectivity index (χ3n) is 3.48. The number of rotatable bonds is 5. The van der Waals surface area contributed by atoms with Crippen LogP contribution in [0.3, 0.4) is 0 Å². The molecule has 2 unspecified atom stereocenters. The molecule has 0 aromatic rings. The van der Waals surface area contributed by atoms with Crippen molar-refractivity contribution in [2.75, 3.05) is 13.1 Å². The Bertz CT molecular complexity index is 339. The minimum Gasteiger partial charge on any atom is -0.198 e. The highest BCUT2D eigenvalue weighted by atomic mass is 35.5. The zero-order valence-electron chi connectivity index (χ0n) is 10.3. The monoisotopic (exact) mass is 268 g/mol. The largest absolute Gasteiger partial charge is 0.279 e. The molecule has 4 nitrogen and oxygen atoms in total. The standard InChI is InChI=1S/C10H21ClN2O2S/c1-5-13(6-2)16(14,15)12-9-7-8(11)10(9,3)4/h8-9,12H,5-7H2,1-4H3. The molecule has 0 spiro atoms. The summed E-state index contributed by atoms with van der Waals surface area (Å²) >= 11 is 6.06. The minimum atomic E-state index is -3.35. The Morgan fingerprint density at radius 1 is 1.38 bits per heavy atom. The Labute approximate surface area is 104 Å². The van der Waals surface area contributed by atoms with Gasteiger partial charge in [-0.3, -0.25) is 0 Å². The molecule has 2 atom stereocenters. The summed E-state index contributed by atoms with van der Waals surface area (Å²) < 4.78 is 28.1. The summed E-state index contributed by atoms with van der Waals surface area (Å²) in [5, 5.41) is 0.0527. The van der Waals surface area contributed by atoms with Gasteiger partial charge >= 0.3 is 0 Å². The second-order valence-corrected chi connectivity index (χ2v) is 7.01. The third-order valence-corrected chi connectivity index (χ3v) is 6.00. The lowest BCUT2D eigenvalue weighted by Crippen LogP contribution is -2.61. The minimum absolute atomic E-state index is 0.0527. The van der Waals surface area contributed by atoms with Gasteiger partial charge in [0, 0.05) is 24.5 Å². The Morgan fingerprint density at radius 3 is 2.19 bits per heavy atom. The molecule has 0 aromatic carbocycles. The highest BCUT2D eigenvalue weighted by molar-refractivity contribution is 7.87. The first-order valence-electron chi connectivity index (χ1n) is 5.67. The molecule has 0 saturated heterocycles. The van der Waals surface area contributed by atoms with Crippen LogP contribution < -0.4 is 4.72 Å². The summed E-state index contributed by atoms with van der Waals surface area (Å²) in [5.41, 5.74) is -0.165. The fourth-order valence-corrected chi connectivity index (χ4v) is 3.81. The molecule has 1 N–H and O–H groups in total. The van der Waals surface area contributed by atoms with Crippen molar-refractivity contribution >= 4 is 21.8 Å². The molecule has 1 rings (SSSR count). The lowest BCUT2D eigenvalue weighted by molar-refractivity contribution is 0.135. The van der Waals surface area contributed by atoms with Crippen LogP contribution >= 0.6 is 11.6 Å². The first kappa shape index (κ1) is 14.2. The first-order chi connectivity index (χ1) is 7.25. The summed E-state index contributed by atoms with van der Waals surface area (Å²) in [6.07, 6.45) is 0.703. The van der Waals surface area contributed by atoms with Crippen LogP contribution in [0.15, 0.2) is 0 Å². The molecule has 0 bridgehead atoms. The van der Waals surface area contributed by atoms with Crippen LogP contribution in [0.4, 0.5) is 0 Å². The van der Waals surface area contributed by atoms with Crippen LogP contribution in [0.1, 0.15) is 34.1 Å². The fraction of sp³-hybridized carbons (Fsp3) is 1.00. The van der Waals surface area contributed by atoms with E-state index in [9.17, 15) is 8.42 Å². The van der Waals surface area contributed by atoms with E-state index in [0.29, 0.717) is 19.5 Å². The second-order valence-electron chi connectivity index (χ2n) is 4.78. The third kappa shape index (κ3) is 2.53. The van der Waals surface area contributed by atoms with Gasteiger partial charge in [-0.15, -0.1) is 11.6 Å². The van der Waals surface area contributed by atoms with Crippen LogP contribution in [0.25, 0.3) is 0 Å². The quantitative estimate of drug-likeness (QED) is 0.770. The Kier molecular flexibility index (Phi) is 4.27. The van der Waals surface area contributed by atoms with Gasteiger partial charge in [0.2, 0.25) is 0 Å². The summed E-state index contributed by atoms with van der Waals surface area (Å²) in [5.74, 6) is 0. The normalized spacial score (nSPS) is 29.1. The number of nitrogens with one attached hydrogen (secondary N) is 1. The molecule has 96 valence electrons. The molecule has 0 aliphatic heterocycles. The highest BCUT2D eigenvalue weighted by Crippen LogP contribution is 2.44. The number of nitrogens with zero attached hydrogens (tertiary/aromatic N) is 1. The van der Waals surface area contributed by atoms with Crippen molar-refractivity contribution in [2.45, 2.75) is 45.5 Å². The predicted octanol–water partition coefficient (Wildman–Crippen LogP) is 1.57. The molecular weight excluding hydrogens is 248 g/mol. The van der Waals surface area contributed by atoms with E-state index in [1.165, 1.54) is 4.31 Å². The Morgan fingerprint density at radius 2 is 1.88 bits per heavy atom. The zero-order chi connectivity index (χ0) is 12.6. The molecule has 1 aliphatic carbocycles. The van der Waals surface area contributed by atoms with Crippen molar-refractivity contribution in [3.8, 4) is 0 Å². The van der Waals surface area contributed by atoms with Crippen LogP contribution in [0.5, 0.6) is 0 Å². The van der Waals surface area contributed by atoms with Gasteiger partial charge in [-0.2, -0.15) is 17.4 Å². The molecule has 0 aromatic heterocycles. The maximum absolute atomic E-state index is 12.0. The lowest BCUT2D eigenvalue weighted by atomic mass is 9.67. The van der Waals surface area contributed by atoms with Crippen molar-refractivity contribution in [3.05, 3.63) is 0 Å². The highest BCUT2D eigenvalue weighted by Gasteiger charge is 2.49. The van der Waals surface area contributed by atoms with E-state index < -0.39 is 10.2 Å². The van der Waals surface area contributed by atoms with Gasteiger partial charge in [0.1, 0.15) is 0 Å². The molecule has 0 radical (unpaired) electrons. The van der Waals surface area contributed by atoms with E-state index in [0.717, 1.165) is 0 Å². The maximum Gasteiger partial charge on any atom is 0.279 e. The fourth-order valence-electron chi connectivity index (χ4n) is 1.89. The summed E-state index contributed by atoms with van der Waals surface area (Å²) in [6.45, 7) is 8.62. The lowest BCUT2D eigenvalue weighted by Gasteiger charge is -2.49. The number of hydrogen-bond donors (Lipinski definition) is 1. The van der Waals surface area contributed by atoms with Crippen molar-refractivity contribution in [2.24, 2.45) is 5.41 Å². The van der Waals surface area contributed by atoms with Gasteiger partial charge in [0.25, 0.3) is 10.2 Å². The maximum atomic E-state index is 12.0. The first-order valence-corrected chi connectivity index (χ1v) is 7.54. The van der Waals surface area contributed by atoms with Crippen LogP contribution in [-0.2, 0) is 10.2 Å². The predicted molar refractivity (Wildman–Crippen MR) is 66.8 cm³/mol. The molecule has 0 heterocycles. The van der Waals surface area contributed by atoms with Gasteiger partial charge in [-0.25, -0.2) is 0 Å². The van der Waals surface area contributed by atoms with Crippen LogP contribution in [-0.4, -0.2) is 37.2 Å². The molecule has 16 heavy (non-hydrogen) atoms. The van der Waals surface area contributed by atoms with Crippen molar-refractivity contribution < 1.29 is 8.42 Å². The number of alkyl halides is 1.